The standard InChI is InChI=1S/C69H54Cl2FN2O16S/c1-43-14-12-17-55(40-43)84-67(86-61-23-11-8-20-58(61)74(78)79)68(88-56-18-13-16-54(41-56)81-5,87-52-34-30-49(31-35-52)73(76)77)69(90-60-22-10-7-19-57(60)71,89-53-38-36-50(80-4)37-39-53)91-66-62(75)65(82-42-46-24-28-48(72)29-25-46)63(83-51-32-26-47(70)27-33-51)45(3)64(66)85-59-21-9-6-15-44(59)2/h6-41,67H,42H2,1-5H3. The topological polar surface area (TPSA) is 208 Å². The van der Waals surface area contributed by atoms with Crippen molar-refractivity contribution in [2.75, 3.05) is 14.2 Å². The van der Waals surface area contributed by atoms with Crippen molar-refractivity contribution in [1.82, 2.24) is 0 Å². The fourth-order valence-corrected chi connectivity index (χ4v) is 10.7. The Morgan fingerprint density at radius 2 is 1.12 bits per heavy atom. The maximum Gasteiger partial charge on any atom is 0.418 e. The first-order valence-electron chi connectivity index (χ1n) is 27.7. The van der Waals surface area contributed by atoms with E-state index in [9.17, 15) is 24.6 Å². The molecule has 3 atom stereocenters. The highest BCUT2D eigenvalue weighted by Crippen LogP contribution is 2.61. The minimum atomic E-state index is -3.18. The molecule has 18 nitrogen and oxygen atoms in total. The maximum atomic E-state index is 16.8. The van der Waals surface area contributed by atoms with Gasteiger partial charge in [0.05, 0.1) is 29.1 Å². The number of nitro groups is 2. The van der Waals surface area contributed by atoms with Crippen LogP contribution in [0.5, 0.6) is 80.5 Å². The molecule has 10 aromatic rings. The van der Waals surface area contributed by atoms with Crippen molar-refractivity contribution in [3.05, 3.63) is 277 Å². The number of methoxy groups -OCH3 is 2. The van der Waals surface area contributed by atoms with Crippen LogP contribution < -0.4 is 52.1 Å². The summed E-state index contributed by atoms with van der Waals surface area (Å²) in [5.74, 6) is -5.39. The molecule has 0 spiro atoms. The third-order valence-corrected chi connectivity index (χ3v) is 15.5. The van der Waals surface area contributed by atoms with Crippen LogP contribution in [0.1, 0.15) is 22.3 Å². The molecule has 0 bridgehead atoms. The normalized spacial score (nSPS) is 12.6. The Balaban J connectivity index is 1.40. The molecule has 10 aromatic carbocycles. The van der Waals surface area contributed by atoms with Gasteiger partial charge in [-0.05, 0) is 171 Å². The van der Waals surface area contributed by atoms with Crippen LogP contribution in [0.4, 0.5) is 15.8 Å². The Hall–Kier alpha value is -10.5. The Morgan fingerprint density at radius 1 is 0.527 bits per heavy atom. The van der Waals surface area contributed by atoms with E-state index in [1.807, 2.05) is 0 Å². The number of aryl methyl sites for hydroxylation is 2. The molecule has 0 aromatic heterocycles. The van der Waals surface area contributed by atoms with Crippen LogP contribution in [0.3, 0.4) is 0 Å². The molecule has 3 unspecified atom stereocenters. The summed E-state index contributed by atoms with van der Waals surface area (Å²) in [4.78, 5) is 23.9. The van der Waals surface area contributed by atoms with Crippen LogP contribution in [0.25, 0.3) is 0 Å². The van der Waals surface area contributed by atoms with Gasteiger partial charge in [-0.1, -0.05) is 96.0 Å². The summed E-state index contributed by atoms with van der Waals surface area (Å²) in [5.41, 5.74) is 0.907. The lowest BCUT2D eigenvalue weighted by molar-refractivity contribution is -0.387. The number of thioether (sulfide) groups is 1. The van der Waals surface area contributed by atoms with Crippen LogP contribution >= 0.6 is 35.0 Å². The van der Waals surface area contributed by atoms with E-state index in [1.54, 1.807) is 130 Å². The summed E-state index contributed by atoms with van der Waals surface area (Å²) in [6.45, 7) is 4.86. The average molecular weight is 1290 g/mol. The molecule has 0 saturated carbocycles. The smallest absolute Gasteiger partial charge is 0.418 e. The van der Waals surface area contributed by atoms with Crippen LogP contribution in [0, 0.1) is 46.8 Å². The lowest BCUT2D eigenvalue weighted by Gasteiger charge is -2.48. The van der Waals surface area contributed by atoms with Gasteiger partial charge in [-0.3, -0.25) is 25.3 Å². The summed E-state index contributed by atoms with van der Waals surface area (Å²) in [5, 5.41) is 39.6. The van der Waals surface area contributed by atoms with E-state index in [1.165, 1.54) is 111 Å². The zero-order valence-electron chi connectivity index (χ0n) is 49.0. The number of benzene rings is 10. The van der Waals surface area contributed by atoms with E-state index in [0.29, 0.717) is 39.2 Å². The molecule has 0 fully saturated rings. The Bertz CT molecular complexity index is 4210. The minimum absolute atomic E-state index is 0.0414. The summed E-state index contributed by atoms with van der Waals surface area (Å²) in [6, 6.07) is 54.1. The molecule has 0 amide bonds. The summed E-state index contributed by atoms with van der Waals surface area (Å²) >= 11 is 14.1. The number of rotatable bonds is 27. The molecular formula is C69H54Cl2FN2O16S. The fourth-order valence-electron chi connectivity index (χ4n) is 9.09. The number of nitro benzene ring substituents is 2. The minimum Gasteiger partial charge on any atom is -0.497 e. The lowest BCUT2D eigenvalue weighted by atomic mass is 10.1. The van der Waals surface area contributed by atoms with Crippen molar-refractivity contribution < 1.29 is 71.4 Å². The van der Waals surface area contributed by atoms with Gasteiger partial charge in [0.15, 0.2) is 11.5 Å². The number of halogens is 3. The molecule has 463 valence electrons. The molecule has 0 aliphatic heterocycles. The SMILES string of the molecule is COc1ccc(OC(Oc2ccccc2Cl)(Sc2c([O])c(OCc3ccc(F)cc3)c(Oc3ccc(Cl)cc3)c(C)c2Oc2ccccc2C)C(Oc2ccc([N+](=O)[O-])cc2)(Oc2cccc(OC)c2)C(Oc2cccc(C)c2)Oc2ccccc2[N+](=O)[O-])cc1. The number of hydrogen-bond acceptors (Lipinski definition) is 16. The maximum absolute atomic E-state index is 16.8. The zero-order chi connectivity index (χ0) is 64.2. The van der Waals surface area contributed by atoms with Crippen LogP contribution in [0.15, 0.2) is 223 Å². The van der Waals surface area contributed by atoms with Gasteiger partial charge in [0.25, 0.3) is 5.69 Å². The van der Waals surface area contributed by atoms with Crippen LogP contribution in [-0.2, 0) is 11.7 Å². The van der Waals surface area contributed by atoms with E-state index in [0.717, 1.165) is 12.1 Å². The molecule has 1 radical (unpaired) electrons. The quantitative estimate of drug-likeness (QED) is 0.0203. The van der Waals surface area contributed by atoms with Gasteiger partial charge in [0, 0.05) is 34.9 Å². The van der Waals surface area contributed by atoms with Gasteiger partial charge in [0.2, 0.25) is 17.2 Å². The number of para-hydroxylation sites is 4. The van der Waals surface area contributed by atoms with E-state index in [2.05, 4.69) is 0 Å². The fraction of sp³-hybridized carbons (Fsp3) is 0.130. The molecule has 0 aliphatic carbocycles. The van der Waals surface area contributed by atoms with Crippen molar-refractivity contribution in [3.8, 4) is 80.5 Å². The lowest BCUT2D eigenvalue weighted by Crippen LogP contribution is -2.74. The monoisotopic (exact) mass is 1290 g/mol. The first-order valence-corrected chi connectivity index (χ1v) is 29.3. The predicted octanol–water partition coefficient (Wildman–Crippen LogP) is 18.4. The van der Waals surface area contributed by atoms with E-state index >= 15 is 5.11 Å². The molecular weight excluding hydrogens is 1230 g/mol. The van der Waals surface area contributed by atoms with Crippen LogP contribution in [-0.4, -0.2) is 41.3 Å². The van der Waals surface area contributed by atoms with Crippen molar-refractivity contribution in [2.24, 2.45) is 0 Å². The second kappa shape index (κ2) is 28.3. The van der Waals surface area contributed by atoms with E-state index in [-0.39, 0.29) is 80.4 Å². The molecule has 0 aliphatic rings. The first kappa shape index (κ1) is 63.5. The van der Waals surface area contributed by atoms with Gasteiger partial charge in [-0.15, -0.1) is 0 Å². The average Bonchev–Trinajstić information content (AvgIpc) is 0.721. The van der Waals surface area contributed by atoms with Gasteiger partial charge >= 0.3 is 22.9 Å². The molecule has 10 rings (SSSR count). The van der Waals surface area contributed by atoms with Crippen LogP contribution in [0.2, 0.25) is 10.0 Å². The largest absolute Gasteiger partial charge is 0.497 e. The number of non-ortho nitro benzene ring substituents is 1. The molecule has 0 N–H and O–H groups in total. The number of nitrogens with zero attached hydrogens (tertiary/aromatic N) is 2. The van der Waals surface area contributed by atoms with Crippen molar-refractivity contribution >= 4 is 46.3 Å². The summed E-state index contributed by atoms with van der Waals surface area (Å²) in [6.07, 6.45) is -2.33. The highest BCUT2D eigenvalue weighted by Gasteiger charge is 2.72. The van der Waals surface area contributed by atoms with Crippen molar-refractivity contribution in [2.45, 2.75) is 49.5 Å². The number of ether oxygens (including phenoxy) is 11. The predicted molar refractivity (Wildman–Crippen MR) is 339 cm³/mol. The van der Waals surface area contributed by atoms with Crippen molar-refractivity contribution in [3.63, 3.8) is 0 Å². The Kier molecular flexibility index (Phi) is 19.7. The van der Waals surface area contributed by atoms with Gasteiger partial charge < -0.3 is 52.1 Å². The van der Waals surface area contributed by atoms with E-state index < -0.39 is 60.7 Å². The van der Waals surface area contributed by atoms with Gasteiger partial charge in [-0.25, -0.2) is 4.39 Å². The third-order valence-electron chi connectivity index (χ3n) is 13.7. The second-order valence-electron chi connectivity index (χ2n) is 20.0. The van der Waals surface area contributed by atoms with Gasteiger partial charge in [0.1, 0.15) is 69.1 Å². The molecule has 91 heavy (non-hydrogen) atoms. The summed E-state index contributed by atoms with van der Waals surface area (Å²) in [7, 11) is 2.87. The highest BCUT2D eigenvalue weighted by atomic mass is 35.5. The highest BCUT2D eigenvalue weighted by molar-refractivity contribution is 8.00. The third kappa shape index (κ3) is 14.8. The molecule has 0 saturated heterocycles. The van der Waals surface area contributed by atoms with Crippen molar-refractivity contribution in [1.29, 1.82) is 0 Å². The Labute approximate surface area is 535 Å². The van der Waals surface area contributed by atoms with E-state index in [4.69, 9.17) is 75.3 Å². The number of hydrogen-bond donors (Lipinski definition) is 0. The zero-order valence-corrected chi connectivity index (χ0v) is 51.4. The van der Waals surface area contributed by atoms with Gasteiger partial charge in [-0.2, -0.15) is 0 Å². The second-order valence-corrected chi connectivity index (χ2v) is 22.0. The first-order chi connectivity index (χ1) is 43.9. The Morgan fingerprint density at radius 3 is 1.79 bits per heavy atom. The molecule has 22 heteroatoms. The molecule has 0 heterocycles. The summed E-state index contributed by atoms with van der Waals surface area (Å²) < 4.78 is 90.2.